The van der Waals surface area contributed by atoms with Gasteiger partial charge in [-0.2, -0.15) is 0 Å². The van der Waals surface area contributed by atoms with Crippen molar-refractivity contribution in [3.63, 3.8) is 0 Å². The summed E-state index contributed by atoms with van der Waals surface area (Å²) in [5, 5.41) is 0. The minimum absolute atomic E-state index is 0.153. The zero-order valence-corrected chi connectivity index (χ0v) is 10.2. The molecule has 2 N–H and O–H groups in total. The maximum absolute atomic E-state index is 12.0. The van der Waals surface area contributed by atoms with E-state index in [1.54, 1.807) is 25.1 Å². The Morgan fingerprint density at radius 2 is 2.28 bits per heavy atom. The zero-order valence-electron chi connectivity index (χ0n) is 10.2. The van der Waals surface area contributed by atoms with Crippen LogP contribution in [0.1, 0.15) is 6.92 Å². The molecule has 0 radical (unpaired) electrons. The number of hydrogen-bond acceptors (Lipinski definition) is 5. The van der Waals surface area contributed by atoms with Gasteiger partial charge in [-0.3, -0.25) is 14.5 Å². The molecule has 1 aliphatic heterocycles. The number of fused-ring (bicyclic) bond motifs is 1. The Hall–Kier alpha value is -2.24. The lowest BCUT2D eigenvalue weighted by Gasteiger charge is -2.32. The topological polar surface area (TPSA) is 81.9 Å². The van der Waals surface area contributed by atoms with Crippen molar-refractivity contribution in [1.82, 2.24) is 0 Å². The molecule has 96 valence electrons. The van der Waals surface area contributed by atoms with E-state index in [2.05, 4.69) is 4.74 Å². The largest absolute Gasteiger partial charge is 0.479 e. The summed E-state index contributed by atoms with van der Waals surface area (Å²) in [4.78, 5) is 24.7. The monoisotopic (exact) mass is 250 g/mol. The molecule has 1 aromatic rings. The average Bonchev–Trinajstić information content (AvgIpc) is 2.35. The average molecular weight is 250 g/mol. The molecular formula is C12H14N2O4. The minimum Gasteiger partial charge on any atom is -0.479 e. The molecule has 1 unspecified atom stereocenters. The number of anilines is 2. The van der Waals surface area contributed by atoms with Gasteiger partial charge >= 0.3 is 5.97 Å². The van der Waals surface area contributed by atoms with E-state index in [0.29, 0.717) is 17.1 Å². The van der Waals surface area contributed by atoms with Gasteiger partial charge in [-0.15, -0.1) is 0 Å². The maximum Gasteiger partial charge on any atom is 0.325 e. The second-order valence-corrected chi connectivity index (χ2v) is 3.99. The highest BCUT2D eigenvalue weighted by molar-refractivity contribution is 6.03. The molecule has 6 nitrogen and oxygen atoms in total. The van der Waals surface area contributed by atoms with Gasteiger partial charge in [-0.25, -0.2) is 0 Å². The summed E-state index contributed by atoms with van der Waals surface area (Å²) in [6.07, 6.45) is -0.634. The molecular weight excluding hydrogens is 236 g/mol. The number of amides is 1. The first kappa shape index (κ1) is 12.2. The van der Waals surface area contributed by atoms with E-state index < -0.39 is 12.1 Å². The lowest BCUT2D eigenvalue weighted by Crippen LogP contribution is -2.46. The molecule has 0 aliphatic carbocycles. The van der Waals surface area contributed by atoms with Crippen LogP contribution in [0.5, 0.6) is 5.75 Å². The summed E-state index contributed by atoms with van der Waals surface area (Å²) in [6.45, 7) is 1.48. The van der Waals surface area contributed by atoms with Crippen molar-refractivity contribution in [3.05, 3.63) is 18.2 Å². The first-order valence-corrected chi connectivity index (χ1v) is 5.47. The van der Waals surface area contributed by atoms with Crippen molar-refractivity contribution in [1.29, 1.82) is 0 Å². The smallest absolute Gasteiger partial charge is 0.325 e. The minimum atomic E-state index is -0.634. The van der Waals surface area contributed by atoms with Gasteiger partial charge in [0, 0.05) is 5.69 Å². The molecule has 1 aromatic carbocycles. The van der Waals surface area contributed by atoms with Crippen LogP contribution in [0.2, 0.25) is 0 Å². The fourth-order valence-corrected chi connectivity index (χ4v) is 1.78. The molecule has 18 heavy (non-hydrogen) atoms. The van der Waals surface area contributed by atoms with Crippen molar-refractivity contribution in [2.24, 2.45) is 0 Å². The van der Waals surface area contributed by atoms with Gasteiger partial charge in [-0.05, 0) is 25.1 Å². The third kappa shape index (κ3) is 2.09. The quantitative estimate of drug-likeness (QED) is 0.612. The predicted octanol–water partition coefficient (Wildman–Crippen LogP) is 0.556. The number of hydrogen-bond donors (Lipinski definition) is 1. The number of carbonyl (C=O) groups excluding carboxylic acids is 2. The van der Waals surface area contributed by atoms with Crippen molar-refractivity contribution >= 4 is 23.3 Å². The van der Waals surface area contributed by atoms with Gasteiger partial charge in [0.25, 0.3) is 5.91 Å². The van der Waals surface area contributed by atoms with Gasteiger partial charge < -0.3 is 15.2 Å². The number of nitrogens with zero attached hydrogens (tertiary/aromatic N) is 1. The first-order valence-electron chi connectivity index (χ1n) is 5.47. The number of benzene rings is 1. The lowest BCUT2D eigenvalue weighted by atomic mass is 10.1. The summed E-state index contributed by atoms with van der Waals surface area (Å²) in [5.41, 5.74) is 6.66. The molecule has 0 spiro atoms. The molecule has 1 heterocycles. The van der Waals surface area contributed by atoms with Crippen LogP contribution >= 0.6 is 0 Å². The second-order valence-electron chi connectivity index (χ2n) is 3.99. The number of rotatable bonds is 2. The Bertz CT molecular complexity index is 501. The summed E-state index contributed by atoms with van der Waals surface area (Å²) in [7, 11) is 1.27. The van der Waals surface area contributed by atoms with Crippen LogP contribution in [0.25, 0.3) is 0 Å². The fraction of sp³-hybridized carbons (Fsp3) is 0.333. The third-order valence-electron chi connectivity index (χ3n) is 2.71. The first-order chi connectivity index (χ1) is 8.52. The number of ether oxygens (including phenoxy) is 2. The molecule has 2 rings (SSSR count). The molecule has 0 saturated heterocycles. The molecule has 0 aromatic heterocycles. The molecule has 0 fully saturated rings. The normalized spacial score (nSPS) is 18.0. The van der Waals surface area contributed by atoms with Gasteiger partial charge in [0.1, 0.15) is 12.3 Å². The summed E-state index contributed by atoms with van der Waals surface area (Å²) < 4.78 is 10.0. The number of carbonyl (C=O) groups is 2. The van der Waals surface area contributed by atoms with Crippen molar-refractivity contribution in [2.45, 2.75) is 13.0 Å². The fourth-order valence-electron chi connectivity index (χ4n) is 1.78. The van der Waals surface area contributed by atoms with E-state index >= 15 is 0 Å². The van der Waals surface area contributed by atoms with E-state index in [1.165, 1.54) is 12.0 Å². The van der Waals surface area contributed by atoms with Crippen molar-refractivity contribution < 1.29 is 19.1 Å². The zero-order chi connectivity index (χ0) is 13.3. The molecule has 1 aliphatic rings. The van der Waals surface area contributed by atoms with Crippen molar-refractivity contribution in [3.8, 4) is 5.75 Å². The van der Waals surface area contributed by atoms with Gasteiger partial charge in [0.15, 0.2) is 6.10 Å². The second kappa shape index (κ2) is 4.56. The van der Waals surface area contributed by atoms with E-state index in [-0.39, 0.29) is 12.5 Å². The molecule has 6 heteroatoms. The van der Waals surface area contributed by atoms with Crippen LogP contribution in [-0.4, -0.2) is 31.6 Å². The standard InChI is InChI=1S/C12H14N2O4/c1-7-12(16)14(6-11(15)17-2)9-5-8(13)3-4-10(9)18-7/h3-5,7H,6,13H2,1-2H3. The molecule has 1 amide bonds. The Balaban J connectivity index is 2.40. The number of nitrogen functional groups attached to an aromatic ring is 1. The van der Waals surface area contributed by atoms with Gasteiger partial charge in [0.2, 0.25) is 0 Å². The van der Waals surface area contributed by atoms with E-state index in [4.69, 9.17) is 10.5 Å². The molecule has 0 bridgehead atoms. The van der Waals surface area contributed by atoms with E-state index in [1.807, 2.05) is 0 Å². The van der Waals surface area contributed by atoms with Crippen molar-refractivity contribution in [2.75, 3.05) is 24.3 Å². The highest BCUT2D eigenvalue weighted by Gasteiger charge is 2.32. The van der Waals surface area contributed by atoms with Crippen LogP contribution in [0, 0.1) is 0 Å². The Morgan fingerprint density at radius 3 is 2.94 bits per heavy atom. The van der Waals surface area contributed by atoms with Crippen LogP contribution in [-0.2, 0) is 14.3 Å². The highest BCUT2D eigenvalue weighted by Crippen LogP contribution is 2.35. The number of esters is 1. The van der Waals surface area contributed by atoms with Gasteiger partial charge in [-0.1, -0.05) is 0 Å². The van der Waals surface area contributed by atoms with Crippen LogP contribution in [0.4, 0.5) is 11.4 Å². The Labute approximate surface area is 104 Å². The molecule has 0 saturated carbocycles. The number of nitrogens with two attached hydrogens (primary N) is 1. The maximum atomic E-state index is 12.0. The van der Waals surface area contributed by atoms with Crippen LogP contribution in [0.15, 0.2) is 18.2 Å². The predicted molar refractivity (Wildman–Crippen MR) is 65.3 cm³/mol. The summed E-state index contributed by atoms with van der Waals surface area (Å²) in [5.74, 6) is -0.260. The summed E-state index contributed by atoms with van der Waals surface area (Å²) >= 11 is 0. The Kier molecular flexibility index (Phi) is 3.10. The lowest BCUT2D eigenvalue weighted by molar-refractivity contribution is -0.140. The van der Waals surface area contributed by atoms with E-state index in [0.717, 1.165) is 0 Å². The highest BCUT2D eigenvalue weighted by atomic mass is 16.5. The number of methoxy groups -OCH3 is 1. The van der Waals surface area contributed by atoms with Crippen LogP contribution in [0.3, 0.4) is 0 Å². The van der Waals surface area contributed by atoms with Gasteiger partial charge in [0.05, 0.1) is 12.8 Å². The summed E-state index contributed by atoms with van der Waals surface area (Å²) in [6, 6.07) is 4.96. The van der Waals surface area contributed by atoms with Crippen LogP contribution < -0.4 is 15.4 Å². The molecule has 1 atom stereocenters. The SMILES string of the molecule is COC(=O)CN1C(=O)C(C)Oc2ccc(N)cc21. The van der Waals surface area contributed by atoms with E-state index in [9.17, 15) is 9.59 Å². The Morgan fingerprint density at radius 1 is 1.56 bits per heavy atom. The third-order valence-corrected chi connectivity index (χ3v) is 2.71.